The van der Waals surface area contributed by atoms with Gasteiger partial charge in [0.05, 0.1) is 11.6 Å². The largest absolute Gasteiger partial charge is 0.493 e. The quantitative estimate of drug-likeness (QED) is 0.288. The van der Waals surface area contributed by atoms with Gasteiger partial charge in [-0.3, -0.25) is 9.59 Å². The Balaban J connectivity index is 1.73. The third kappa shape index (κ3) is 6.95. The van der Waals surface area contributed by atoms with Crippen molar-refractivity contribution in [1.29, 1.82) is 5.26 Å². The molecule has 0 aromatic heterocycles. The highest BCUT2D eigenvalue weighted by atomic mass is 79.9. The molecule has 0 saturated heterocycles. The Bertz CT molecular complexity index is 1310. The second kappa shape index (κ2) is 11.9. The zero-order valence-electron chi connectivity index (χ0n) is 19.5. The molecule has 0 spiro atoms. The summed E-state index contributed by atoms with van der Waals surface area (Å²) < 4.78 is 11.6. The van der Waals surface area contributed by atoms with Gasteiger partial charge in [0, 0.05) is 11.4 Å². The van der Waals surface area contributed by atoms with Crippen LogP contribution in [0.5, 0.6) is 11.5 Å². The lowest BCUT2D eigenvalue weighted by Crippen LogP contribution is -2.20. The van der Waals surface area contributed by atoms with Gasteiger partial charge in [-0.05, 0) is 88.9 Å². The molecule has 0 bridgehead atoms. The number of nitriles is 1. The van der Waals surface area contributed by atoms with E-state index in [2.05, 4.69) is 26.6 Å². The molecule has 7 nitrogen and oxygen atoms in total. The number of para-hydroxylation sites is 1. The van der Waals surface area contributed by atoms with Gasteiger partial charge in [0.2, 0.25) is 0 Å². The maximum Gasteiger partial charge on any atom is 0.266 e. The molecule has 0 aliphatic heterocycles. The Hall–Kier alpha value is -4.09. The molecule has 0 aliphatic carbocycles. The summed E-state index contributed by atoms with van der Waals surface area (Å²) in [7, 11) is 1.46. The number of nitrogens with zero attached hydrogens (tertiary/aromatic N) is 1. The summed E-state index contributed by atoms with van der Waals surface area (Å²) in [6, 6.07) is 19.7. The number of methoxy groups -OCH3 is 1. The monoisotopic (exact) mass is 533 g/mol. The first kappa shape index (κ1) is 25.5. The lowest BCUT2D eigenvalue weighted by molar-refractivity contribution is -0.118. The molecule has 0 heterocycles. The summed E-state index contributed by atoms with van der Waals surface area (Å²) in [5.41, 5.74) is 3.95. The molecule has 0 saturated carbocycles. The Morgan fingerprint density at radius 1 is 1.00 bits per heavy atom. The van der Waals surface area contributed by atoms with E-state index in [9.17, 15) is 14.9 Å². The summed E-state index contributed by atoms with van der Waals surface area (Å²) in [5, 5.41) is 15.0. The van der Waals surface area contributed by atoms with Crippen molar-refractivity contribution in [3.05, 3.63) is 87.4 Å². The lowest BCUT2D eigenvalue weighted by atomic mass is 10.1. The van der Waals surface area contributed by atoms with E-state index in [1.54, 1.807) is 36.4 Å². The van der Waals surface area contributed by atoms with Crippen LogP contribution in [0.4, 0.5) is 11.4 Å². The number of hydrogen-bond acceptors (Lipinski definition) is 5. The fourth-order valence-corrected chi connectivity index (χ4v) is 3.73. The summed E-state index contributed by atoms with van der Waals surface area (Å²) in [6.07, 6.45) is 1.45. The predicted octanol–water partition coefficient (Wildman–Crippen LogP) is 5.64. The zero-order chi connectivity index (χ0) is 25.4. The highest BCUT2D eigenvalue weighted by Gasteiger charge is 2.15. The van der Waals surface area contributed by atoms with Crippen molar-refractivity contribution in [3.8, 4) is 17.6 Å². The van der Waals surface area contributed by atoms with E-state index in [-0.39, 0.29) is 18.1 Å². The van der Waals surface area contributed by atoms with Crippen LogP contribution in [0.2, 0.25) is 0 Å². The van der Waals surface area contributed by atoms with Gasteiger partial charge in [-0.15, -0.1) is 0 Å². The van der Waals surface area contributed by atoms with E-state index >= 15 is 0 Å². The van der Waals surface area contributed by atoms with E-state index in [0.717, 1.165) is 11.1 Å². The van der Waals surface area contributed by atoms with Crippen molar-refractivity contribution in [2.75, 3.05) is 24.4 Å². The van der Waals surface area contributed by atoms with E-state index in [4.69, 9.17) is 9.47 Å². The van der Waals surface area contributed by atoms with Crippen LogP contribution >= 0.6 is 15.9 Å². The van der Waals surface area contributed by atoms with Crippen LogP contribution in [-0.4, -0.2) is 25.5 Å². The topological polar surface area (TPSA) is 100 Å². The van der Waals surface area contributed by atoms with Gasteiger partial charge in [0.25, 0.3) is 11.8 Å². The molecule has 0 radical (unpaired) electrons. The van der Waals surface area contributed by atoms with Crippen molar-refractivity contribution in [3.63, 3.8) is 0 Å². The van der Waals surface area contributed by atoms with Crippen LogP contribution in [0.15, 0.2) is 70.7 Å². The van der Waals surface area contributed by atoms with E-state index < -0.39 is 5.91 Å². The highest BCUT2D eigenvalue weighted by molar-refractivity contribution is 9.10. The van der Waals surface area contributed by atoms with Gasteiger partial charge in [0.1, 0.15) is 11.6 Å². The minimum absolute atomic E-state index is 0.0794. The number of halogens is 1. The van der Waals surface area contributed by atoms with Crippen molar-refractivity contribution >= 4 is 45.2 Å². The molecule has 3 rings (SSSR count). The van der Waals surface area contributed by atoms with Gasteiger partial charge in [0.15, 0.2) is 18.1 Å². The number of anilines is 2. The summed E-state index contributed by atoms with van der Waals surface area (Å²) in [4.78, 5) is 24.9. The number of nitrogens with one attached hydrogen (secondary N) is 2. The molecule has 178 valence electrons. The van der Waals surface area contributed by atoms with E-state index in [1.165, 1.54) is 13.2 Å². The second-order valence-corrected chi connectivity index (χ2v) is 8.51. The Morgan fingerprint density at radius 3 is 2.40 bits per heavy atom. The van der Waals surface area contributed by atoms with Crippen LogP contribution in [0.25, 0.3) is 6.08 Å². The minimum Gasteiger partial charge on any atom is -0.493 e. The van der Waals surface area contributed by atoms with Gasteiger partial charge >= 0.3 is 0 Å². The van der Waals surface area contributed by atoms with Crippen LogP contribution in [0, 0.1) is 25.2 Å². The molecule has 8 heteroatoms. The summed E-state index contributed by atoms with van der Waals surface area (Å²) in [5.74, 6) is -0.190. The molecule has 0 aliphatic rings. The Kier molecular flexibility index (Phi) is 8.65. The minimum atomic E-state index is -0.530. The van der Waals surface area contributed by atoms with Crippen molar-refractivity contribution < 1.29 is 19.1 Å². The molecule has 2 N–H and O–H groups in total. The number of benzene rings is 3. The predicted molar refractivity (Wildman–Crippen MR) is 139 cm³/mol. The lowest BCUT2D eigenvalue weighted by Gasteiger charge is -2.14. The molecule has 0 fully saturated rings. The normalized spacial score (nSPS) is 10.8. The average molecular weight is 534 g/mol. The third-order valence-corrected chi connectivity index (χ3v) is 5.69. The molecule has 0 unspecified atom stereocenters. The first-order valence-electron chi connectivity index (χ1n) is 10.7. The molecule has 3 aromatic carbocycles. The van der Waals surface area contributed by atoms with Crippen LogP contribution < -0.4 is 20.1 Å². The fraction of sp³-hybridized carbons (Fsp3) is 0.148. The van der Waals surface area contributed by atoms with Crippen LogP contribution in [0.1, 0.15) is 16.7 Å². The number of carbonyl (C=O) groups excluding carboxylic acids is 2. The summed E-state index contributed by atoms with van der Waals surface area (Å²) in [6.45, 7) is 3.74. The highest BCUT2D eigenvalue weighted by Crippen LogP contribution is 2.37. The molecule has 0 atom stereocenters. The molecule has 3 aromatic rings. The SMILES string of the molecule is COc1cc(/C=C(\C#N)C(=O)Nc2ccccc2)cc(Br)c1OCC(=O)Nc1ccc(C)c(C)c1. The van der Waals surface area contributed by atoms with Gasteiger partial charge in [-0.1, -0.05) is 24.3 Å². The van der Waals surface area contributed by atoms with E-state index in [1.807, 2.05) is 44.2 Å². The molecular weight excluding hydrogens is 510 g/mol. The maximum absolute atomic E-state index is 12.5. The van der Waals surface area contributed by atoms with Crippen molar-refractivity contribution in [2.24, 2.45) is 0 Å². The number of ether oxygens (including phenoxy) is 2. The van der Waals surface area contributed by atoms with Crippen LogP contribution in [0.3, 0.4) is 0 Å². The van der Waals surface area contributed by atoms with Crippen LogP contribution in [-0.2, 0) is 9.59 Å². The second-order valence-electron chi connectivity index (χ2n) is 7.66. The summed E-state index contributed by atoms with van der Waals surface area (Å²) >= 11 is 3.43. The zero-order valence-corrected chi connectivity index (χ0v) is 21.1. The molecule has 35 heavy (non-hydrogen) atoms. The number of carbonyl (C=O) groups is 2. The first-order chi connectivity index (χ1) is 16.8. The molecule has 2 amide bonds. The van der Waals surface area contributed by atoms with Gasteiger partial charge < -0.3 is 20.1 Å². The third-order valence-electron chi connectivity index (χ3n) is 5.10. The fourth-order valence-electron chi connectivity index (χ4n) is 3.15. The van der Waals surface area contributed by atoms with Crippen molar-refractivity contribution in [1.82, 2.24) is 0 Å². The van der Waals surface area contributed by atoms with Gasteiger partial charge in [-0.2, -0.15) is 5.26 Å². The molecular formula is C27H24BrN3O4. The van der Waals surface area contributed by atoms with E-state index in [0.29, 0.717) is 32.9 Å². The first-order valence-corrected chi connectivity index (χ1v) is 11.5. The number of hydrogen-bond donors (Lipinski definition) is 2. The maximum atomic E-state index is 12.5. The Labute approximate surface area is 212 Å². The Morgan fingerprint density at radius 2 is 1.74 bits per heavy atom. The number of rotatable bonds is 8. The number of aryl methyl sites for hydroxylation is 2. The smallest absolute Gasteiger partial charge is 0.266 e. The number of amides is 2. The average Bonchev–Trinajstić information content (AvgIpc) is 2.84. The standard InChI is InChI=1S/C27H24BrN3O4/c1-17-9-10-22(11-18(17)2)30-25(32)16-35-26-23(28)13-19(14-24(26)34-3)12-20(15-29)27(33)31-21-7-5-4-6-8-21/h4-14H,16H2,1-3H3,(H,30,32)(H,31,33)/b20-12+. The van der Waals surface area contributed by atoms with Gasteiger partial charge in [-0.25, -0.2) is 0 Å². The van der Waals surface area contributed by atoms with Crippen molar-refractivity contribution in [2.45, 2.75) is 13.8 Å².